The molecule has 2 saturated heterocycles. The van der Waals surface area contributed by atoms with E-state index in [0.717, 1.165) is 51.4 Å². The SMILES string of the molecule is Cl.Cl.O=C1N(Cc2ccc(C(F)(F)F)nc2)CCC12CCN(CCC(c1ccccc1)c1ccccc1)CC2. The number of aromatic nitrogens is 1. The molecule has 210 valence electrons. The molecule has 3 aromatic rings. The van der Waals surface area contributed by atoms with Crippen molar-refractivity contribution in [3.8, 4) is 0 Å². The highest BCUT2D eigenvalue weighted by Crippen LogP contribution is 2.42. The molecule has 2 fully saturated rings. The summed E-state index contributed by atoms with van der Waals surface area (Å²) < 4.78 is 38.4. The van der Waals surface area contributed by atoms with Gasteiger partial charge in [-0.3, -0.25) is 9.78 Å². The Bertz CT molecular complexity index is 1150. The number of hydrogen-bond donors (Lipinski definition) is 0. The Labute approximate surface area is 240 Å². The van der Waals surface area contributed by atoms with E-state index in [2.05, 4.69) is 58.4 Å². The number of rotatable bonds is 7. The number of likely N-dealkylation sites (tertiary alicyclic amines) is 2. The fourth-order valence-electron chi connectivity index (χ4n) is 5.83. The molecule has 2 aliphatic rings. The first-order valence-electron chi connectivity index (χ1n) is 13.0. The second-order valence-electron chi connectivity index (χ2n) is 10.3. The average molecular weight is 581 g/mol. The van der Waals surface area contributed by atoms with E-state index in [0.29, 0.717) is 24.6 Å². The van der Waals surface area contributed by atoms with Crippen LogP contribution in [-0.4, -0.2) is 46.9 Å². The molecule has 0 N–H and O–H groups in total. The molecule has 4 nitrogen and oxygen atoms in total. The normalized spacial score (nSPS) is 17.2. The monoisotopic (exact) mass is 579 g/mol. The van der Waals surface area contributed by atoms with Gasteiger partial charge in [0.1, 0.15) is 5.69 Å². The van der Waals surface area contributed by atoms with E-state index in [9.17, 15) is 18.0 Å². The Morgan fingerprint density at radius 1 is 0.821 bits per heavy atom. The van der Waals surface area contributed by atoms with Crippen molar-refractivity contribution in [2.45, 2.75) is 44.3 Å². The van der Waals surface area contributed by atoms with Gasteiger partial charge in [0.05, 0.1) is 5.41 Å². The predicted molar refractivity (Wildman–Crippen MR) is 151 cm³/mol. The van der Waals surface area contributed by atoms with Crippen LogP contribution >= 0.6 is 24.8 Å². The third-order valence-electron chi connectivity index (χ3n) is 8.04. The Kier molecular flexibility index (Phi) is 10.4. The molecule has 0 bridgehead atoms. The molecule has 0 unspecified atom stereocenters. The lowest BCUT2D eigenvalue weighted by Crippen LogP contribution is -2.45. The third kappa shape index (κ3) is 7.13. The van der Waals surface area contributed by atoms with Gasteiger partial charge < -0.3 is 9.80 Å². The molecular formula is C30H34Cl2F3N3O. The summed E-state index contributed by atoms with van der Waals surface area (Å²) >= 11 is 0. The number of hydrogen-bond acceptors (Lipinski definition) is 3. The fourth-order valence-corrected chi connectivity index (χ4v) is 5.83. The van der Waals surface area contributed by atoms with Crippen LogP contribution in [0, 0.1) is 5.41 Å². The van der Waals surface area contributed by atoms with Crippen LogP contribution in [0.15, 0.2) is 79.0 Å². The van der Waals surface area contributed by atoms with Crippen LogP contribution in [0.3, 0.4) is 0 Å². The Hall–Kier alpha value is -2.61. The molecule has 9 heteroatoms. The van der Waals surface area contributed by atoms with Crippen molar-refractivity contribution >= 4 is 30.7 Å². The van der Waals surface area contributed by atoms with E-state index >= 15 is 0 Å². The highest BCUT2D eigenvalue weighted by Gasteiger charge is 2.48. The molecule has 2 aliphatic heterocycles. The van der Waals surface area contributed by atoms with Crippen molar-refractivity contribution in [3.05, 3.63) is 101 Å². The largest absolute Gasteiger partial charge is 0.433 e. The number of piperidine rings is 1. The molecule has 0 aliphatic carbocycles. The van der Waals surface area contributed by atoms with Crippen molar-refractivity contribution in [2.75, 3.05) is 26.2 Å². The number of nitrogens with zero attached hydrogens (tertiary/aromatic N) is 3. The minimum Gasteiger partial charge on any atom is -0.338 e. The minimum atomic E-state index is -4.46. The van der Waals surface area contributed by atoms with Gasteiger partial charge in [-0.1, -0.05) is 66.7 Å². The summed E-state index contributed by atoms with van der Waals surface area (Å²) in [6, 6.07) is 23.7. The Morgan fingerprint density at radius 3 is 1.90 bits per heavy atom. The van der Waals surface area contributed by atoms with Crippen LogP contribution in [0.25, 0.3) is 0 Å². The zero-order valence-electron chi connectivity index (χ0n) is 21.6. The standard InChI is InChI=1S/C30H32F3N3O.2ClH/c31-30(32,33)27-12-11-23(21-34-27)22-36-20-16-29(28(36)37)14-18-35(19-15-29)17-13-26(24-7-3-1-4-8-24)25-9-5-2-6-10-25;;/h1-12,21,26H,13-20,22H2;2*1H. The quantitative estimate of drug-likeness (QED) is 0.303. The van der Waals surface area contributed by atoms with Gasteiger partial charge in [0, 0.05) is 25.2 Å². The molecule has 3 heterocycles. The van der Waals surface area contributed by atoms with Gasteiger partial charge in [-0.15, -0.1) is 24.8 Å². The van der Waals surface area contributed by atoms with Crippen LogP contribution in [0.4, 0.5) is 13.2 Å². The number of halogens is 5. The van der Waals surface area contributed by atoms with Crippen molar-refractivity contribution in [3.63, 3.8) is 0 Å². The van der Waals surface area contributed by atoms with Gasteiger partial charge in [0.25, 0.3) is 0 Å². The summed E-state index contributed by atoms with van der Waals surface area (Å²) in [4.78, 5) is 21.2. The van der Waals surface area contributed by atoms with Crippen molar-refractivity contribution in [1.82, 2.24) is 14.8 Å². The lowest BCUT2D eigenvalue weighted by Gasteiger charge is -2.38. The summed E-state index contributed by atoms with van der Waals surface area (Å²) in [7, 11) is 0. The summed E-state index contributed by atoms with van der Waals surface area (Å²) in [5, 5.41) is 0. The van der Waals surface area contributed by atoms with Crippen LogP contribution in [0.1, 0.15) is 54.0 Å². The second kappa shape index (κ2) is 13.2. The molecular weight excluding hydrogens is 546 g/mol. The fraction of sp³-hybridized carbons (Fsp3) is 0.400. The molecule has 1 aromatic heterocycles. The molecule has 1 spiro atoms. The van der Waals surface area contributed by atoms with Crippen LogP contribution in [0.2, 0.25) is 0 Å². The molecule has 1 amide bonds. The maximum atomic E-state index is 13.4. The second-order valence-corrected chi connectivity index (χ2v) is 10.3. The summed E-state index contributed by atoms with van der Waals surface area (Å²) in [6.45, 7) is 3.70. The van der Waals surface area contributed by atoms with Gasteiger partial charge >= 0.3 is 6.18 Å². The zero-order valence-corrected chi connectivity index (χ0v) is 23.3. The maximum Gasteiger partial charge on any atom is 0.433 e. The lowest BCUT2D eigenvalue weighted by atomic mass is 9.77. The summed E-state index contributed by atoms with van der Waals surface area (Å²) in [6.07, 6.45) is 0.262. The van der Waals surface area contributed by atoms with E-state index in [1.165, 1.54) is 23.4 Å². The summed E-state index contributed by atoms with van der Waals surface area (Å²) in [5.41, 5.74) is 2.02. The Balaban J connectivity index is 0.00000210. The minimum absolute atomic E-state index is 0. The summed E-state index contributed by atoms with van der Waals surface area (Å²) in [5.74, 6) is 0.470. The highest BCUT2D eigenvalue weighted by atomic mass is 35.5. The molecule has 0 radical (unpaired) electrons. The van der Waals surface area contributed by atoms with E-state index in [1.54, 1.807) is 4.90 Å². The van der Waals surface area contributed by atoms with E-state index in [1.807, 2.05) is 12.1 Å². The Morgan fingerprint density at radius 2 is 1.38 bits per heavy atom. The van der Waals surface area contributed by atoms with Crippen LogP contribution in [0.5, 0.6) is 0 Å². The van der Waals surface area contributed by atoms with E-state index in [4.69, 9.17) is 0 Å². The first kappa shape index (κ1) is 30.9. The first-order valence-corrected chi connectivity index (χ1v) is 13.0. The number of benzene rings is 2. The van der Waals surface area contributed by atoms with Gasteiger partial charge in [-0.25, -0.2) is 0 Å². The molecule has 0 atom stereocenters. The number of amides is 1. The lowest BCUT2D eigenvalue weighted by molar-refractivity contribution is -0.141. The smallest absolute Gasteiger partial charge is 0.338 e. The topological polar surface area (TPSA) is 36.4 Å². The van der Waals surface area contributed by atoms with Gasteiger partial charge in [0.2, 0.25) is 5.91 Å². The predicted octanol–water partition coefficient (Wildman–Crippen LogP) is 6.98. The third-order valence-corrected chi connectivity index (χ3v) is 8.04. The molecule has 5 rings (SSSR count). The number of carbonyl (C=O) groups is 1. The maximum absolute atomic E-state index is 13.4. The van der Waals surface area contributed by atoms with Gasteiger partial charge in [0.15, 0.2) is 0 Å². The zero-order chi connectivity index (χ0) is 25.9. The van der Waals surface area contributed by atoms with Crippen LogP contribution < -0.4 is 0 Å². The first-order chi connectivity index (χ1) is 17.8. The van der Waals surface area contributed by atoms with Gasteiger partial charge in [-0.05, 0) is 68.1 Å². The number of carbonyl (C=O) groups excluding carboxylic acids is 1. The highest BCUT2D eigenvalue weighted by molar-refractivity contribution is 5.86. The average Bonchev–Trinajstić information content (AvgIpc) is 3.21. The van der Waals surface area contributed by atoms with Gasteiger partial charge in [-0.2, -0.15) is 13.2 Å². The van der Waals surface area contributed by atoms with Crippen molar-refractivity contribution in [2.24, 2.45) is 5.41 Å². The molecule has 0 saturated carbocycles. The molecule has 2 aromatic carbocycles. The van der Waals surface area contributed by atoms with E-state index in [-0.39, 0.29) is 36.1 Å². The van der Waals surface area contributed by atoms with Crippen molar-refractivity contribution in [1.29, 1.82) is 0 Å². The number of alkyl halides is 3. The van der Waals surface area contributed by atoms with Crippen LogP contribution in [-0.2, 0) is 17.5 Å². The number of pyridine rings is 1. The molecule has 39 heavy (non-hydrogen) atoms. The van der Waals surface area contributed by atoms with E-state index < -0.39 is 11.9 Å². The van der Waals surface area contributed by atoms with Crippen molar-refractivity contribution < 1.29 is 18.0 Å².